The van der Waals surface area contributed by atoms with Gasteiger partial charge in [-0.15, -0.1) is 0 Å². The third-order valence-electron chi connectivity index (χ3n) is 9.50. The van der Waals surface area contributed by atoms with Crippen LogP contribution in [-0.2, 0) is 0 Å². The Morgan fingerprint density at radius 1 is 0.500 bits per heavy atom. The first-order valence-electron chi connectivity index (χ1n) is 16.2. The molecule has 0 radical (unpaired) electrons. The van der Waals surface area contributed by atoms with Gasteiger partial charge in [-0.25, -0.2) is 15.0 Å². The topological polar surface area (TPSA) is 61.0 Å². The van der Waals surface area contributed by atoms with Gasteiger partial charge < -0.3 is 9.15 Å². The zero-order valence-electron chi connectivity index (χ0n) is 25.7. The molecule has 1 aliphatic carbocycles. The van der Waals surface area contributed by atoms with Crippen molar-refractivity contribution in [1.29, 1.82) is 0 Å². The van der Waals surface area contributed by atoms with E-state index in [9.17, 15) is 0 Å². The Morgan fingerprint density at radius 3 is 2.12 bits per heavy atom. The Bertz CT molecular complexity index is 2620. The van der Waals surface area contributed by atoms with Crippen molar-refractivity contribution >= 4 is 38.3 Å². The van der Waals surface area contributed by atoms with E-state index in [0.29, 0.717) is 17.5 Å². The summed E-state index contributed by atoms with van der Waals surface area (Å²) in [5.41, 5.74) is 7.97. The molecule has 2 atom stereocenters. The zero-order valence-corrected chi connectivity index (χ0v) is 25.7. The van der Waals surface area contributed by atoms with Crippen molar-refractivity contribution in [1.82, 2.24) is 15.0 Å². The maximum absolute atomic E-state index is 6.62. The second kappa shape index (κ2) is 10.6. The van der Waals surface area contributed by atoms with Crippen LogP contribution >= 0.6 is 0 Å². The molecular formula is C43H27N3O2. The quantitative estimate of drug-likeness (QED) is 0.197. The van der Waals surface area contributed by atoms with Gasteiger partial charge in [0.25, 0.3) is 0 Å². The number of furan rings is 1. The van der Waals surface area contributed by atoms with Crippen LogP contribution in [0.1, 0.15) is 17.3 Å². The Morgan fingerprint density at radius 2 is 1.21 bits per heavy atom. The fraction of sp³-hybridized carbons (Fsp3) is 0.0465. The molecule has 0 saturated carbocycles. The SMILES string of the molecule is C1=CC2Oc3cc(-c4ccc5c(c4)oc4ccccc45)ccc3C2C(c2nc(-c3ccccc3)nc(-c3ccc4ccccc4c3)n2)=C1. The van der Waals surface area contributed by atoms with Crippen molar-refractivity contribution in [3.05, 3.63) is 163 Å². The average Bonchev–Trinajstić information content (AvgIpc) is 3.72. The molecule has 2 aliphatic rings. The Labute approximate surface area is 276 Å². The van der Waals surface area contributed by atoms with Crippen LogP contribution in [0.3, 0.4) is 0 Å². The maximum atomic E-state index is 6.62. The second-order valence-electron chi connectivity index (χ2n) is 12.4. The first-order valence-corrected chi connectivity index (χ1v) is 16.2. The summed E-state index contributed by atoms with van der Waals surface area (Å²) in [5, 5.41) is 4.57. The molecule has 3 heterocycles. The van der Waals surface area contributed by atoms with Crippen LogP contribution in [0.15, 0.2) is 156 Å². The van der Waals surface area contributed by atoms with E-state index in [2.05, 4.69) is 103 Å². The summed E-state index contributed by atoms with van der Waals surface area (Å²) in [5.74, 6) is 2.77. The molecule has 5 nitrogen and oxygen atoms in total. The molecule has 10 rings (SSSR count). The summed E-state index contributed by atoms with van der Waals surface area (Å²) < 4.78 is 12.8. The van der Waals surface area contributed by atoms with Gasteiger partial charge in [-0.2, -0.15) is 0 Å². The summed E-state index contributed by atoms with van der Waals surface area (Å²) in [6.07, 6.45) is 6.14. The number of allylic oxidation sites excluding steroid dienone is 2. The molecule has 0 fully saturated rings. The number of hydrogen-bond acceptors (Lipinski definition) is 5. The highest BCUT2D eigenvalue weighted by Crippen LogP contribution is 2.49. The Balaban J connectivity index is 1.06. The monoisotopic (exact) mass is 617 g/mol. The van der Waals surface area contributed by atoms with E-state index in [4.69, 9.17) is 24.1 Å². The zero-order chi connectivity index (χ0) is 31.6. The van der Waals surface area contributed by atoms with Crippen LogP contribution in [0.5, 0.6) is 5.75 Å². The van der Waals surface area contributed by atoms with Crippen molar-refractivity contribution in [3.63, 3.8) is 0 Å². The highest BCUT2D eigenvalue weighted by molar-refractivity contribution is 6.05. The lowest BCUT2D eigenvalue weighted by molar-refractivity contribution is 0.271. The fourth-order valence-electron chi connectivity index (χ4n) is 7.13. The minimum Gasteiger partial charge on any atom is -0.485 e. The van der Waals surface area contributed by atoms with Crippen LogP contribution in [0.25, 0.3) is 72.2 Å². The number of hydrogen-bond donors (Lipinski definition) is 0. The van der Waals surface area contributed by atoms with E-state index in [0.717, 1.165) is 66.5 Å². The van der Waals surface area contributed by atoms with Crippen molar-refractivity contribution in [2.24, 2.45) is 0 Å². The van der Waals surface area contributed by atoms with E-state index >= 15 is 0 Å². The number of benzene rings is 6. The highest BCUT2D eigenvalue weighted by atomic mass is 16.5. The normalized spacial score (nSPS) is 16.5. The van der Waals surface area contributed by atoms with Crippen LogP contribution < -0.4 is 4.74 Å². The molecule has 1 aliphatic heterocycles. The average molecular weight is 618 g/mol. The minimum atomic E-state index is -0.158. The van der Waals surface area contributed by atoms with Crippen LogP contribution in [0, 0.1) is 0 Å². The summed E-state index contributed by atoms with van der Waals surface area (Å²) in [4.78, 5) is 15.2. The van der Waals surface area contributed by atoms with Gasteiger partial charge in [0, 0.05) is 33.0 Å². The fourth-order valence-corrected chi connectivity index (χ4v) is 7.13. The number of nitrogens with zero attached hydrogens (tertiary/aromatic N) is 3. The smallest absolute Gasteiger partial charge is 0.164 e. The van der Waals surface area contributed by atoms with Crippen molar-refractivity contribution in [2.75, 3.05) is 0 Å². The molecule has 0 amide bonds. The molecule has 2 aromatic heterocycles. The first kappa shape index (κ1) is 26.8. The lowest BCUT2D eigenvalue weighted by Gasteiger charge is -2.22. The van der Waals surface area contributed by atoms with Crippen LogP contribution in [0.2, 0.25) is 0 Å². The summed E-state index contributed by atoms with van der Waals surface area (Å²) in [6, 6.07) is 45.9. The molecule has 0 bridgehead atoms. The van der Waals surface area contributed by atoms with E-state index < -0.39 is 0 Å². The number of aromatic nitrogens is 3. The standard InChI is InChI=1S/C43H27N3O2/c1-2-10-27(11-3-1)41-44-42(31-18-17-26-9-4-5-12-28(26)23-31)46-43(45-41)35-14-8-16-37-40(35)34-22-20-30(25-39(34)48-37)29-19-21-33-32-13-6-7-15-36(32)47-38(33)24-29/h1-25,37,40H. The van der Waals surface area contributed by atoms with Gasteiger partial charge in [-0.1, -0.05) is 115 Å². The molecule has 226 valence electrons. The molecule has 2 unspecified atom stereocenters. The van der Waals surface area contributed by atoms with Crippen molar-refractivity contribution < 1.29 is 9.15 Å². The number of ether oxygens (including phenoxy) is 1. The summed E-state index contributed by atoms with van der Waals surface area (Å²) in [6.45, 7) is 0. The predicted octanol–water partition coefficient (Wildman–Crippen LogP) is 10.4. The van der Waals surface area contributed by atoms with Crippen LogP contribution in [0.4, 0.5) is 0 Å². The largest absolute Gasteiger partial charge is 0.485 e. The third-order valence-corrected chi connectivity index (χ3v) is 9.50. The number of para-hydroxylation sites is 1. The van der Waals surface area contributed by atoms with Crippen LogP contribution in [-0.4, -0.2) is 21.1 Å². The van der Waals surface area contributed by atoms with E-state index in [-0.39, 0.29) is 12.0 Å². The van der Waals surface area contributed by atoms with E-state index in [1.807, 2.05) is 48.5 Å². The lowest BCUT2D eigenvalue weighted by atomic mass is 9.83. The molecule has 48 heavy (non-hydrogen) atoms. The lowest BCUT2D eigenvalue weighted by Crippen LogP contribution is -2.20. The Hall–Kier alpha value is -6.33. The van der Waals surface area contributed by atoms with E-state index in [1.54, 1.807) is 0 Å². The first-order chi connectivity index (χ1) is 23.7. The Kier molecular flexibility index (Phi) is 5.93. The molecule has 8 aromatic rings. The molecule has 6 aromatic carbocycles. The number of rotatable bonds is 4. The maximum Gasteiger partial charge on any atom is 0.164 e. The van der Waals surface area contributed by atoms with Gasteiger partial charge in [0.15, 0.2) is 17.5 Å². The predicted molar refractivity (Wildman–Crippen MR) is 192 cm³/mol. The molecular weight excluding hydrogens is 590 g/mol. The van der Waals surface area contributed by atoms with Gasteiger partial charge in [0.2, 0.25) is 0 Å². The van der Waals surface area contributed by atoms with Gasteiger partial charge in [0.1, 0.15) is 23.0 Å². The molecule has 0 N–H and O–H groups in total. The highest BCUT2D eigenvalue weighted by Gasteiger charge is 2.38. The molecule has 0 spiro atoms. The van der Waals surface area contributed by atoms with E-state index in [1.165, 1.54) is 5.39 Å². The third kappa shape index (κ3) is 4.36. The van der Waals surface area contributed by atoms with Gasteiger partial charge in [-0.05, 0) is 58.3 Å². The van der Waals surface area contributed by atoms with Gasteiger partial charge >= 0.3 is 0 Å². The minimum absolute atomic E-state index is 0.0487. The summed E-state index contributed by atoms with van der Waals surface area (Å²) in [7, 11) is 0. The van der Waals surface area contributed by atoms with Gasteiger partial charge in [0.05, 0.1) is 5.92 Å². The second-order valence-corrected chi connectivity index (χ2v) is 12.4. The van der Waals surface area contributed by atoms with Crippen molar-refractivity contribution in [2.45, 2.75) is 12.0 Å². The molecule has 5 heteroatoms. The van der Waals surface area contributed by atoms with Crippen molar-refractivity contribution in [3.8, 4) is 39.7 Å². The summed E-state index contributed by atoms with van der Waals surface area (Å²) >= 11 is 0. The van der Waals surface area contributed by atoms with Gasteiger partial charge in [-0.3, -0.25) is 0 Å². The molecule has 0 saturated heterocycles. The number of fused-ring (bicyclic) bond motifs is 7.